The molecule has 0 aliphatic heterocycles. The Morgan fingerprint density at radius 2 is 1.69 bits per heavy atom. The summed E-state index contributed by atoms with van der Waals surface area (Å²) < 4.78 is 1.75. The molecule has 3 aromatic carbocycles. The van der Waals surface area contributed by atoms with Crippen LogP contribution in [0, 0.1) is 6.92 Å². The molecule has 4 rings (SSSR count). The number of hydrogen-bond acceptors (Lipinski definition) is 4. The molecule has 0 spiro atoms. The molecule has 0 unspecified atom stereocenters. The van der Waals surface area contributed by atoms with Crippen LogP contribution >= 0.6 is 23.4 Å². The normalized spacial score (nSPS) is 11.1. The third-order valence-electron chi connectivity index (χ3n) is 4.84. The van der Waals surface area contributed by atoms with Crippen LogP contribution in [0.5, 0.6) is 0 Å². The SMILES string of the molecule is Cc1c(/C=N\NC(=O)c2ccc(CSc3ccccc3)cc2)c(Cl)nn1-c1ccccc1. The maximum absolute atomic E-state index is 12.4. The van der Waals surface area contributed by atoms with Gasteiger partial charge in [0.25, 0.3) is 5.91 Å². The Kier molecular flexibility index (Phi) is 7.04. The third-order valence-corrected chi connectivity index (χ3v) is 6.21. The number of carbonyl (C=O) groups is 1. The zero-order valence-electron chi connectivity index (χ0n) is 17.4. The largest absolute Gasteiger partial charge is 0.271 e. The van der Waals surface area contributed by atoms with Crippen molar-refractivity contribution in [2.24, 2.45) is 5.10 Å². The highest BCUT2D eigenvalue weighted by molar-refractivity contribution is 7.98. The monoisotopic (exact) mass is 460 g/mol. The van der Waals surface area contributed by atoms with E-state index in [1.165, 1.54) is 11.1 Å². The van der Waals surface area contributed by atoms with Gasteiger partial charge in [-0.05, 0) is 48.9 Å². The van der Waals surface area contributed by atoms with E-state index in [2.05, 4.69) is 27.8 Å². The Balaban J connectivity index is 1.37. The van der Waals surface area contributed by atoms with Gasteiger partial charge in [0, 0.05) is 16.2 Å². The standard InChI is InChI=1S/C25H21ClN4OS/c1-18-23(24(26)29-30(18)21-8-4-2-5-9-21)16-27-28-25(31)20-14-12-19(13-15-20)17-32-22-10-6-3-7-11-22/h2-16H,17H2,1H3,(H,28,31)/b27-16-. The van der Waals surface area contributed by atoms with Crippen LogP contribution in [-0.2, 0) is 5.75 Å². The van der Waals surface area contributed by atoms with Crippen LogP contribution in [0.25, 0.3) is 5.69 Å². The number of rotatable bonds is 7. The molecule has 7 heteroatoms. The van der Waals surface area contributed by atoms with E-state index in [9.17, 15) is 4.79 Å². The van der Waals surface area contributed by atoms with Crippen molar-refractivity contribution in [1.29, 1.82) is 0 Å². The van der Waals surface area contributed by atoms with Crippen molar-refractivity contribution in [3.8, 4) is 5.69 Å². The van der Waals surface area contributed by atoms with Crippen molar-refractivity contribution in [2.75, 3.05) is 0 Å². The summed E-state index contributed by atoms with van der Waals surface area (Å²) in [5.41, 5.74) is 6.64. The molecule has 1 amide bonds. The van der Waals surface area contributed by atoms with Gasteiger partial charge in [0.1, 0.15) is 0 Å². The fourth-order valence-corrected chi connectivity index (χ4v) is 4.24. The summed E-state index contributed by atoms with van der Waals surface area (Å²) >= 11 is 8.04. The zero-order valence-corrected chi connectivity index (χ0v) is 19.0. The zero-order chi connectivity index (χ0) is 22.3. The highest BCUT2D eigenvalue weighted by atomic mass is 35.5. The molecule has 0 atom stereocenters. The van der Waals surface area contributed by atoms with Crippen molar-refractivity contribution >= 4 is 35.5 Å². The first-order chi connectivity index (χ1) is 15.6. The van der Waals surface area contributed by atoms with Gasteiger partial charge < -0.3 is 0 Å². The molecule has 5 nitrogen and oxygen atoms in total. The second-order valence-electron chi connectivity index (χ2n) is 7.04. The molecule has 0 aliphatic rings. The Hall–Kier alpha value is -3.35. The molecule has 160 valence electrons. The topological polar surface area (TPSA) is 59.3 Å². The summed E-state index contributed by atoms with van der Waals surface area (Å²) in [6.45, 7) is 1.90. The van der Waals surface area contributed by atoms with Gasteiger partial charge in [-0.1, -0.05) is 60.1 Å². The van der Waals surface area contributed by atoms with Crippen LogP contribution in [0.4, 0.5) is 0 Å². The summed E-state index contributed by atoms with van der Waals surface area (Å²) in [5, 5.41) is 8.76. The predicted octanol–water partition coefficient (Wildman–Crippen LogP) is 5.89. The average Bonchev–Trinajstić information content (AvgIpc) is 3.12. The maximum atomic E-state index is 12.4. The van der Waals surface area contributed by atoms with Crippen LogP contribution in [0.1, 0.15) is 27.2 Å². The fraction of sp³-hybridized carbons (Fsp3) is 0.0800. The second kappa shape index (κ2) is 10.3. The van der Waals surface area contributed by atoms with E-state index in [4.69, 9.17) is 11.6 Å². The van der Waals surface area contributed by atoms with Crippen LogP contribution in [0.3, 0.4) is 0 Å². The number of halogens is 1. The van der Waals surface area contributed by atoms with Crippen molar-refractivity contribution in [1.82, 2.24) is 15.2 Å². The number of aromatic nitrogens is 2. The van der Waals surface area contributed by atoms with E-state index in [0.717, 1.165) is 22.7 Å². The van der Waals surface area contributed by atoms with Gasteiger partial charge in [0.2, 0.25) is 0 Å². The lowest BCUT2D eigenvalue weighted by Crippen LogP contribution is -2.17. The average molecular weight is 461 g/mol. The number of benzene rings is 3. The lowest BCUT2D eigenvalue weighted by Gasteiger charge is -2.04. The lowest BCUT2D eigenvalue weighted by atomic mass is 10.1. The molecule has 32 heavy (non-hydrogen) atoms. The fourth-order valence-electron chi connectivity index (χ4n) is 3.10. The number of amides is 1. The van der Waals surface area contributed by atoms with Gasteiger partial charge in [-0.15, -0.1) is 11.8 Å². The van der Waals surface area contributed by atoms with Crippen molar-refractivity contribution in [3.63, 3.8) is 0 Å². The molecule has 1 aromatic heterocycles. The highest BCUT2D eigenvalue weighted by Crippen LogP contribution is 2.23. The van der Waals surface area contributed by atoms with Crippen molar-refractivity contribution in [3.05, 3.63) is 112 Å². The van der Waals surface area contributed by atoms with E-state index in [1.54, 1.807) is 28.6 Å². The minimum Gasteiger partial charge on any atom is -0.267 e. The quantitative estimate of drug-likeness (QED) is 0.212. The van der Waals surface area contributed by atoms with Crippen LogP contribution in [0.2, 0.25) is 5.15 Å². The summed E-state index contributed by atoms with van der Waals surface area (Å²) in [6.07, 6.45) is 1.52. The summed E-state index contributed by atoms with van der Waals surface area (Å²) in [4.78, 5) is 13.7. The summed E-state index contributed by atoms with van der Waals surface area (Å²) in [7, 11) is 0. The van der Waals surface area contributed by atoms with Gasteiger partial charge in [-0.3, -0.25) is 4.79 Å². The molecule has 0 bridgehead atoms. The van der Waals surface area contributed by atoms with Gasteiger partial charge in [0.05, 0.1) is 23.2 Å². The Labute approximate surface area is 196 Å². The van der Waals surface area contributed by atoms with Crippen LogP contribution in [0.15, 0.2) is 94.9 Å². The molecule has 4 aromatic rings. The maximum Gasteiger partial charge on any atom is 0.271 e. The summed E-state index contributed by atoms with van der Waals surface area (Å²) in [5.74, 6) is 0.556. The van der Waals surface area contributed by atoms with E-state index in [1.807, 2.05) is 67.6 Å². The van der Waals surface area contributed by atoms with Gasteiger partial charge in [-0.2, -0.15) is 10.2 Å². The number of nitrogens with zero attached hydrogens (tertiary/aromatic N) is 3. The Morgan fingerprint density at radius 3 is 2.38 bits per heavy atom. The molecular weight excluding hydrogens is 440 g/mol. The number of hydrogen-bond donors (Lipinski definition) is 1. The molecule has 1 N–H and O–H groups in total. The van der Waals surface area contributed by atoms with Crippen molar-refractivity contribution < 1.29 is 4.79 Å². The molecular formula is C25H21ClN4OS. The van der Waals surface area contributed by atoms with E-state index >= 15 is 0 Å². The number of thioether (sulfide) groups is 1. The Bertz CT molecular complexity index is 1220. The lowest BCUT2D eigenvalue weighted by molar-refractivity contribution is 0.0955. The first-order valence-electron chi connectivity index (χ1n) is 10.0. The summed E-state index contributed by atoms with van der Waals surface area (Å²) in [6, 6.07) is 27.4. The smallest absolute Gasteiger partial charge is 0.267 e. The molecule has 1 heterocycles. The minimum absolute atomic E-state index is 0.285. The molecule has 0 saturated heterocycles. The Morgan fingerprint density at radius 1 is 1.03 bits per heavy atom. The number of para-hydroxylation sites is 1. The second-order valence-corrected chi connectivity index (χ2v) is 8.44. The number of hydrazone groups is 1. The van der Waals surface area contributed by atoms with Crippen LogP contribution < -0.4 is 5.43 Å². The molecule has 0 saturated carbocycles. The number of carbonyl (C=O) groups excluding carboxylic acids is 1. The van der Waals surface area contributed by atoms with Gasteiger partial charge in [-0.25, -0.2) is 10.1 Å². The number of nitrogens with one attached hydrogen (secondary N) is 1. The first-order valence-corrected chi connectivity index (χ1v) is 11.4. The molecule has 0 aliphatic carbocycles. The predicted molar refractivity (Wildman–Crippen MR) is 131 cm³/mol. The van der Waals surface area contributed by atoms with E-state index in [0.29, 0.717) is 16.3 Å². The third kappa shape index (κ3) is 5.28. The van der Waals surface area contributed by atoms with Gasteiger partial charge >= 0.3 is 0 Å². The molecule has 0 radical (unpaired) electrons. The van der Waals surface area contributed by atoms with Gasteiger partial charge in [0.15, 0.2) is 5.15 Å². The minimum atomic E-state index is -0.285. The van der Waals surface area contributed by atoms with E-state index < -0.39 is 0 Å². The van der Waals surface area contributed by atoms with Crippen molar-refractivity contribution in [2.45, 2.75) is 17.6 Å². The van der Waals surface area contributed by atoms with E-state index in [-0.39, 0.29) is 5.91 Å². The van der Waals surface area contributed by atoms with Crippen LogP contribution in [-0.4, -0.2) is 21.9 Å². The first kappa shape index (κ1) is 21.9. The molecule has 0 fully saturated rings. The highest BCUT2D eigenvalue weighted by Gasteiger charge is 2.13.